The SMILES string of the molecule is CC(C)Cc1ccc(CC(=O)Nc2ccnc(C(=O)N(C)C)c2)cc1. The highest BCUT2D eigenvalue weighted by atomic mass is 16.2. The molecule has 1 N–H and O–H groups in total. The standard InChI is InChI=1S/C20H25N3O2/c1-14(2)11-15-5-7-16(8-6-15)12-19(24)22-17-9-10-21-18(13-17)20(25)23(3)4/h5-10,13-14H,11-12H2,1-4H3,(H,21,22,24). The van der Waals surface area contributed by atoms with E-state index < -0.39 is 0 Å². The van der Waals surface area contributed by atoms with E-state index in [-0.39, 0.29) is 11.8 Å². The van der Waals surface area contributed by atoms with Crippen LogP contribution in [0, 0.1) is 5.92 Å². The molecule has 1 heterocycles. The second-order valence-electron chi connectivity index (χ2n) is 6.77. The molecule has 0 saturated carbocycles. The summed E-state index contributed by atoms with van der Waals surface area (Å²) in [5.74, 6) is 0.294. The van der Waals surface area contributed by atoms with Gasteiger partial charge in [-0.05, 0) is 35.6 Å². The lowest BCUT2D eigenvalue weighted by molar-refractivity contribution is -0.115. The Labute approximate surface area is 149 Å². The predicted octanol–water partition coefficient (Wildman–Crippen LogP) is 3.16. The second kappa shape index (κ2) is 8.42. The Kier molecular flexibility index (Phi) is 6.28. The van der Waals surface area contributed by atoms with Gasteiger partial charge >= 0.3 is 0 Å². The van der Waals surface area contributed by atoms with E-state index in [0.717, 1.165) is 12.0 Å². The van der Waals surface area contributed by atoms with E-state index in [0.29, 0.717) is 23.7 Å². The first-order valence-corrected chi connectivity index (χ1v) is 8.40. The van der Waals surface area contributed by atoms with Crippen LogP contribution in [0.3, 0.4) is 0 Å². The van der Waals surface area contributed by atoms with Crippen molar-refractivity contribution in [1.29, 1.82) is 0 Å². The topological polar surface area (TPSA) is 62.3 Å². The van der Waals surface area contributed by atoms with Crippen LogP contribution in [0.2, 0.25) is 0 Å². The maximum absolute atomic E-state index is 12.2. The molecule has 0 atom stereocenters. The summed E-state index contributed by atoms with van der Waals surface area (Å²) < 4.78 is 0. The second-order valence-corrected chi connectivity index (χ2v) is 6.77. The zero-order valence-electron chi connectivity index (χ0n) is 15.2. The summed E-state index contributed by atoms with van der Waals surface area (Å²) in [7, 11) is 3.33. The van der Waals surface area contributed by atoms with Crippen molar-refractivity contribution in [1.82, 2.24) is 9.88 Å². The van der Waals surface area contributed by atoms with Crippen LogP contribution in [-0.4, -0.2) is 35.8 Å². The molecule has 5 nitrogen and oxygen atoms in total. The average molecular weight is 339 g/mol. The minimum Gasteiger partial charge on any atom is -0.343 e. The number of carbonyl (C=O) groups excluding carboxylic acids is 2. The monoisotopic (exact) mass is 339 g/mol. The largest absolute Gasteiger partial charge is 0.343 e. The maximum atomic E-state index is 12.2. The van der Waals surface area contributed by atoms with Gasteiger partial charge < -0.3 is 10.2 Å². The first-order chi connectivity index (χ1) is 11.8. The van der Waals surface area contributed by atoms with Crippen molar-refractivity contribution in [3.05, 3.63) is 59.4 Å². The fourth-order valence-corrected chi connectivity index (χ4v) is 2.51. The van der Waals surface area contributed by atoms with Crippen molar-refractivity contribution in [3.63, 3.8) is 0 Å². The van der Waals surface area contributed by atoms with Gasteiger partial charge in [-0.25, -0.2) is 0 Å². The van der Waals surface area contributed by atoms with E-state index in [1.165, 1.54) is 16.7 Å². The molecule has 0 saturated heterocycles. The van der Waals surface area contributed by atoms with Gasteiger partial charge in [-0.15, -0.1) is 0 Å². The lowest BCUT2D eigenvalue weighted by atomic mass is 10.0. The van der Waals surface area contributed by atoms with Gasteiger partial charge in [-0.2, -0.15) is 0 Å². The van der Waals surface area contributed by atoms with Crippen molar-refractivity contribution in [2.75, 3.05) is 19.4 Å². The predicted molar refractivity (Wildman–Crippen MR) is 99.6 cm³/mol. The number of aromatic nitrogens is 1. The highest BCUT2D eigenvalue weighted by molar-refractivity contribution is 5.96. The summed E-state index contributed by atoms with van der Waals surface area (Å²) in [5, 5.41) is 2.82. The van der Waals surface area contributed by atoms with E-state index in [9.17, 15) is 9.59 Å². The first-order valence-electron chi connectivity index (χ1n) is 8.40. The summed E-state index contributed by atoms with van der Waals surface area (Å²) in [6.07, 6.45) is 2.85. The van der Waals surface area contributed by atoms with Gasteiger partial charge in [0.15, 0.2) is 0 Å². The van der Waals surface area contributed by atoms with Crippen LogP contribution in [-0.2, 0) is 17.6 Å². The summed E-state index contributed by atoms with van der Waals surface area (Å²) in [4.78, 5) is 29.7. The van der Waals surface area contributed by atoms with Crippen LogP contribution in [0.15, 0.2) is 42.6 Å². The van der Waals surface area contributed by atoms with E-state index in [1.807, 2.05) is 12.1 Å². The molecule has 0 unspecified atom stereocenters. The molecule has 0 spiro atoms. The molecule has 0 radical (unpaired) electrons. The third kappa shape index (κ3) is 5.71. The zero-order chi connectivity index (χ0) is 18.4. The maximum Gasteiger partial charge on any atom is 0.272 e. The minimum atomic E-state index is -0.197. The van der Waals surface area contributed by atoms with Crippen molar-refractivity contribution < 1.29 is 9.59 Å². The summed E-state index contributed by atoms with van der Waals surface area (Å²) >= 11 is 0. The third-order valence-corrected chi connectivity index (χ3v) is 3.70. The lowest BCUT2D eigenvalue weighted by Crippen LogP contribution is -2.23. The molecule has 1 aromatic carbocycles. The molecule has 0 aliphatic carbocycles. The Hall–Kier alpha value is -2.69. The van der Waals surface area contributed by atoms with Crippen molar-refractivity contribution in [2.24, 2.45) is 5.92 Å². The van der Waals surface area contributed by atoms with Gasteiger partial charge in [0.1, 0.15) is 5.69 Å². The number of hydrogen-bond donors (Lipinski definition) is 1. The molecule has 2 amide bonds. The molecule has 0 aliphatic heterocycles. The number of carbonyl (C=O) groups is 2. The van der Waals surface area contributed by atoms with Crippen molar-refractivity contribution >= 4 is 17.5 Å². The Morgan fingerprint density at radius 1 is 1.08 bits per heavy atom. The molecule has 0 aliphatic rings. The van der Waals surface area contributed by atoms with E-state index in [4.69, 9.17) is 0 Å². The Morgan fingerprint density at radius 2 is 1.72 bits per heavy atom. The van der Waals surface area contributed by atoms with Gasteiger partial charge in [0, 0.05) is 26.0 Å². The molecule has 0 fully saturated rings. The molecule has 0 bridgehead atoms. The number of amides is 2. The molecule has 2 aromatic rings. The number of anilines is 1. The summed E-state index contributed by atoms with van der Waals surface area (Å²) in [5.41, 5.74) is 3.12. The van der Waals surface area contributed by atoms with E-state index in [2.05, 4.69) is 36.3 Å². The number of hydrogen-bond acceptors (Lipinski definition) is 3. The van der Waals surface area contributed by atoms with Gasteiger partial charge in [-0.3, -0.25) is 14.6 Å². The first kappa shape index (κ1) is 18.6. The van der Waals surface area contributed by atoms with Crippen LogP contribution in [0.25, 0.3) is 0 Å². The molecule has 25 heavy (non-hydrogen) atoms. The highest BCUT2D eigenvalue weighted by Gasteiger charge is 2.11. The molecule has 132 valence electrons. The lowest BCUT2D eigenvalue weighted by Gasteiger charge is -2.11. The smallest absolute Gasteiger partial charge is 0.272 e. The van der Waals surface area contributed by atoms with Crippen LogP contribution in [0.4, 0.5) is 5.69 Å². The van der Waals surface area contributed by atoms with Gasteiger partial charge in [0.25, 0.3) is 5.91 Å². The number of pyridine rings is 1. The number of nitrogens with one attached hydrogen (secondary N) is 1. The Balaban J connectivity index is 1.98. The number of rotatable bonds is 6. The molecule has 1 aromatic heterocycles. The van der Waals surface area contributed by atoms with Crippen LogP contribution in [0.1, 0.15) is 35.5 Å². The van der Waals surface area contributed by atoms with Gasteiger partial charge in [0.05, 0.1) is 6.42 Å². The number of benzene rings is 1. The van der Waals surface area contributed by atoms with Gasteiger partial charge in [-0.1, -0.05) is 38.1 Å². The molecule has 2 rings (SSSR count). The molecule has 5 heteroatoms. The fraction of sp³-hybridized carbons (Fsp3) is 0.350. The van der Waals surface area contributed by atoms with E-state index >= 15 is 0 Å². The van der Waals surface area contributed by atoms with Crippen LogP contribution < -0.4 is 5.32 Å². The van der Waals surface area contributed by atoms with Crippen LogP contribution in [0.5, 0.6) is 0 Å². The van der Waals surface area contributed by atoms with E-state index in [1.54, 1.807) is 26.2 Å². The Bertz CT molecular complexity index is 737. The summed E-state index contributed by atoms with van der Waals surface area (Å²) in [6.45, 7) is 4.37. The highest BCUT2D eigenvalue weighted by Crippen LogP contribution is 2.13. The van der Waals surface area contributed by atoms with Crippen LogP contribution >= 0.6 is 0 Å². The fourth-order valence-electron chi connectivity index (χ4n) is 2.51. The van der Waals surface area contributed by atoms with Crippen molar-refractivity contribution in [2.45, 2.75) is 26.7 Å². The van der Waals surface area contributed by atoms with Gasteiger partial charge in [0.2, 0.25) is 5.91 Å². The zero-order valence-corrected chi connectivity index (χ0v) is 15.2. The average Bonchev–Trinajstić information content (AvgIpc) is 2.55. The molecular formula is C20H25N3O2. The third-order valence-electron chi connectivity index (χ3n) is 3.70. The minimum absolute atomic E-state index is 0.119. The van der Waals surface area contributed by atoms with Crippen molar-refractivity contribution in [3.8, 4) is 0 Å². The molecular weight excluding hydrogens is 314 g/mol. The quantitative estimate of drug-likeness (QED) is 0.879. The Morgan fingerprint density at radius 3 is 2.32 bits per heavy atom. The summed E-state index contributed by atoms with van der Waals surface area (Å²) in [6, 6.07) is 11.4. The number of nitrogens with zero attached hydrogens (tertiary/aromatic N) is 2. The normalized spacial score (nSPS) is 10.6.